The lowest BCUT2D eigenvalue weighted by Crippen LogP contribution is -2.55. The number of ether oxygens (including phenoxy) is 2. The standard InChI is InChI=1S/C18H17NO5/c1-2-6-13(10-20)17-16(19-14(21)9-15(19)24-17)18(22)23-11-12-7-4-3-5-8-12/h2-5,7-8,10,15-16H,1,6,9,11H2/b17-13-/t15-,16?/m1/s1. The van der Waals surface area contributed by atoms with E-state index in [1.807, 2.05) is 30.3 Å². The summed E-state index contributed by atoms with van der Waals surface area (Å²) in [5, 5.41) is 0. The predicted octanol–water partition coefficient (Wildman–Crippen LogP) is 1.72. The van der Waals surface area contributed by atoms with Gasteiger partial charge in [-0.15, -0.1) is 6.58 Å². The van der Waals surface area contributed by atoms with E-state index in [0.29, 0.717) is 11.9 Å². The number of rotatable bonds is 6. The molecule has 0 N–H and O–H groups in total. The average Bonchev–Trinajstić information content (AvgIpc) is 2.91. The lowest BCUT2D eigenvalue weighted by Gasteiger charge is -2.33. The van der Waals surface area contributed by atoms with Gasteiger partial charge in [0.15, 0.2) is 12.3 Å². The topological polar surface area (TPSA) is 72.9 Å². The number of carbonyl (C=O) groups is 3. The second kappa shape index (κ2) is 6.70. The van der Waals surface area contributed by atoms with E-state index >= 15 is 0 Å². The van der Waals surface area contributed by atoms with Crippen molar-refractivity contribution in [1.29, 1.82) is 0 Å². The highest BCUT2D eigenvalue weighted by atomic mass is 16.6. The van der Waals surface area contributed by atoms with Gasteiger partial charge in [-0.05, 0) is 12.0 Å². The summed E-state index contributed by atoms with van der Waals surface area (Å²) in [7, 11) is 0. The van der Waals surface area contributed by atoms with Gasteiger partial charge in [0, 0.05) is 5.57 Å². The van der Waals surface area contributed by atoms with E-state index in [0.717, 1.165) is 5.56 Å². The third kappa shape index (κ3) is 2.82. The second-order valence-corrected chi connectivity index (χ2v) is 5.57. The maximum Gasteiger partial charge on any atom is 0.337 e. The van der Waals surface area contributed by atoms with Crippen molar-refractivity contribution >= 4 is 18.2 Å². The number of esters is 1. The van der Waals surface area contributed by atoms with Gasteiger partial charge in [0.25, 0.3) is 0 Å². The molecule has 1 amide bonds. The Morgan fingerprint density at radius 1 is 1.38 bits per heavy atom. The molecule has 0 saturated carbocycles. The van der Waals surface area contributed by atoms with Crippen LogP contribution >= 0.6 is 0 Å². The summed E-state index contributed by atoms with van der Waals surface area (Å²) in [6, 6.07) is 8.22. The molecule has 2 atom stereocenters. The number of nitrogens with zero attached hydrogens (tertiary/aromatic N) is 1. The number of amides is 1. The summed E-state index contributed by atoms with van der Waals surface area (Å²) in [5.74, 6) is -0.604. The van der Waals surface area contributed by atoms with Crippen molar-refractivity contribution in [2.24, 2.45) is 0 Å². The Morgan fingerprint density at radius 2 is 2.12 bits per heavy atom. The van der Waals surface area contributed by atoms with Crippen molar-refractivity contribution in [3.63, 3.8) is 0 Å². The zero-order valence-corrected chi connectivity index (χ0v) is 13.0. The van der Waals surface area contributed by atoms with Crippen LogP contribution in [-0.2, 0) is 30.5 Å². The normalized spacial score (nSPS) is 23.7. The first-order valence-electron chi connectivity index (χ1n) is 7.63. The minimum Gasteiger partial charge on any atom is -0.471 e. The van der Waals surface area contributed by atoms with Gasteiger partial charge in [-0.2, -0.15) is 0 Å². The summed E-state index contributed by atoms with van der Waals surface area (Å²) < 4.78 is 11.0. The highest BCUT2D eigenvalue weighted by Gasteiger charge is 2.55. The minimum absolute atomic E-state index is 0.0913. The molecule has 2 fully saturated rings. The van der Waals surface area contributed by atoms with Gasteiger partial charge in [-0.1, -0.05) is 36.4 Å². The molecule has 24 heavy (non-hydrogen) atoms. The fourth-order valence-corrected chi connectivity index (χ4v) is 2.79. The highest BCUT2D eigenvalue weighted by Crippen LogP contribution is 2.38. The molecule has 1 unspecified atom stereocenters. The molecule has 1 aromatic rings. The number of allylic oxidation sites excluding steroid dienone is 2. The lowest BCUT2D eigenvalue weighted by atomic mass is 10.0. The first-order chi connectivity index (χ1) is 11.7. The van der Waals surface area contributed by atoms with Crippen LogP contribution in [0, 0.1) is 0 Å². The summed E-state index contributed by atoms with van der Waals surface area (Å²) in [6.07, 6.45) is 2.14. The van der Waals surface area contributed by atoms with E-state index in [1.165, 1.54) is 4.90 Å². The smallest absolute Gasteiger partial charge is 0.337 e. The SMILES string of the molecule is C=CC/C(C=O)=C1/O[C@@H]2CC(=O)N2C1C(=O)OCc1ccccc1. The molecule has 124 valence electrons. The molecule has 6 nitrogen and oxygen atoms in total. The lowest BCUT2D eigenvalue weighted by molar-refractivity contribution is -0.166. The van der Waals surface area contributed by atoms with Crippen molar-refractivity contribution in [2.45, 2.75) is 31.7 Å². The number of aldehydes is 1. The maximum absolute atomic E-state index is 12.5. The van der Waals surface area contributed by atoms with Crippen LogP contribution in [-0.4, -0.2) is 35.3 Å². The molecule has 3 rings (SSSR count). The fraction of sp³-hybridized carbons (Fsp3) is 0.278. The van der Waals surface area contributed by atoms with E-state index in [1.54, 1.807) is 6.08 Å². The van der Waals surface area contributed by atoms with Crippen LogP contribution in [0.2, 0.25) is 0 Å². The van der Waals surface area contributed by atoms with E-state index in [9.17, 15) is 14.4 Å². The van der Waals surface area contributed by atoms with Gasteiger partial charge in [-0.3, -0.25) is 14.5 Å². The summed E-state index contributed by atoms with van der Waals surface area (Å²) in [6.45, 7) is 3.68. The molecule has 2 saturated heterocycles. The Hall–Kier alpha value is -2.89. The van der Waals surface area contributed by atoms with Crippen molar-refractivity contribution in [3.8, 4) is 0 Å². The van der Waals surface area contributed by atoms with Gasteiger partial charge in [-0.25, -0.2) is 4.79 Å². The Balaban J connectivity index is 1.81. The number of hydrogen-bond acceptors (Lipinski definition) is 5. The zero-order valence-electron chi connectivity index (χ0n) is 13.0. The van der Waals surface area contributed by atoms with Gasteiger partial charge in [0.1, 0.15) is 18.7 Å². The Bertz CT molecular complexity index is 709. The molecular weight excluding hydrogens is 310 g/mol. The fourth-order valence-electron chi connectivity index (χ4n) is 2.79. The maximum atomic E-state index is 12.5. The van der Waals surface area contributed by atoms with Gasteiger partial charge in [0.2, 0.25) is 5.91 Å². The zero-order chi connectivity index (χ0) is 17.1. The summed E-state index contributed by atoms with van der Waals surface area (Å²) in [5.41, 5.74) is 1.14. The molecule has 0 spiro atoms. The van der Waals surface area contributed by atoms with Crippen LogP contribution in [0.15, 0.2) is 54.3 Å². The molecule has 0 aromatic heterocycles. The Kier molecular flexibility index (Phi) is 4.46. The number of fused-ring (bicyclic) bond motifs is 1. The van der Waals surface area contributed by atoms with Crippen LogP contribution in [0.5, 0.6) is 0 Å². The predicted molar refractivity (Wildman–Crippen MR) is 84.3 cm³/mol. The summed E-state index contributed by atoms with van der Waals surface area (Å²) >= 11 is 0. The van der Waals surface area contributed by atoms with Gasteiger partial charge >= 0.3 is 5.97 Å². The summed E-state index contributed by atoms with van der Waals surface area (Å²) in [4.78, 5) is 37.0. The van der Waals surface area contributed by atoms with Crippen LogP contribution in [0.1, 0.15) is 18.4 Å². The average molecular weight is 327 g/mol. The van der Waals surface area contributed by atoms with Crippen LogP contribution < -0.4 is 0 Å². The van der Waals surface area contributed by atoms with Crippen LogP contribution in [0.3, 0.4) is 0 Å². The molecule has 6 heteroatoms. The van der Waals surface area contributed by atoms with Crippen molar-refractivity contribution in [3.05, 3.63) is 59.9 Å². The number of carbonyl (C=O) groups excluding carboxylic acids is 3. The molecule has 1 aromatic carbocycles. The molecule has 0 bridgehead atoms. The number of β-lactam (4-membered cyclic amide) rings is 1. The third-order valence-electron chi connectivity index (χ3n) is 4.01. The van der Waals surface area contributed by atoms with Crippen molar-refractivity contribution in [1.82, 2.24) is 4.90 Å². The monoisotopic (exact) mass is 327 g/mol. The quantitative estimate of drug-likeness (QED) is 0.261. The van der Waals surface area contributed by atoms with E-state index in [4.69, 9.17) is 9.47 Å². The Labute approximate surface area is 139 Å². The highest BCUT2D eigenvalue weighted by molar-refractivity contribution is 5.93. The van der Waals surface area contributed by atoms with Gasteiger partial charge < -0.3 is 9.47 Å². The molecule has 0 aliphatic carbocycles. The largest absolute Gasteiger partial charge is 0.471 e. The molecule has 2 aliphatic rings. The van der Waals surface area contributed by atoms with Crippen molar-refractivity contribution in [2.75, 3.05) is 0 Å². The molecule has 2 heterocycles. The van der Waals surface area contributed by atoms with Gasteiger partial charge in [0.05, 0.1) is 6.42 Å². The molecule has 2 aliphatic heterocycles. The first kappa shape index (κ1) is 16.0. The first-order valence-corrected chi connectivity index (χ1v) is 7.63. The Morgan fingerprint density at radius 3 is 2.75 bits per heavy atom. The minimum atomic E-state index is -1.000. The molecular formula is C18H17NO5. The molecule has 0 radical (unpaired) electrons. The van der Waals surface area contributed by atoms with Crippen LogP contribution in [0.4, 0.5) is 0 Å². The second-order valence-electron chi connectivity index (χ2n) is 5.57. The number of benzene rings is 1. The van der Waals surface area contributed by atoms with Crippen LogP contribution in [0.25, 0.3) is 0 Å². The van der Waals surface area contributed by atoms with E-state index < -0.39 is 18.2 Å². The number of hydrogen-bond donors (Lipinski definition) is 0. The third-order valence-corrected chi connectivity index (χ3v) is 4.01. The van der Waals surface area contributed by atoms with Crippen molar-refractivity contribution < 1.29 is 23.9 Å². The van der Waals surface area contributed by atoms with E-state index in [-0.39, 0.29) is 31.1 Å². The van der Waals surface area contributed by atoms with E-state index in [2.05, 4.69) is 6.58 Å².